The van der Waals surface area contributed by atoms with Crippen LogP contribution in [-0.4, -0.2) is 5.11 Å². The van der Waals surface area contributed by atoms with Crippen molar-refractivity contribution in [2.24, 2.45) is 5.73 Å². The molecule has 3 N–H and O–H groups in total. The molecule has 0 bridgehead atoms. The van der Waals surface area contributed by atoms with E-state index in [4.69, 9.17) is 10.5 Å². The first-order valence-electron chi connectivity index (χ1n) is 6.51. The van der Waals surface area contributed by atoms with Crippen molar-refractivity contribution >= 4 is 0 Å². The van der Waals surface area contributed by atoms with E-state index in [1.807, 2.05) is 18.2 Å². The molecular weight excluding hydrogens is 238 g/mol. The highest BCUT2D eigenvalue weighted by Gasteiger charge is 2.18. The van der Waals surface area contributed by atoms with Gasteiger partial charge in [-0.1, -0.05) is 18.2 Å². The lowest BCUT2D eigenvalue weighted by molar-refractivity contribution is 0.306. The van der Waals surface area contributed by atoms with Crippen LogP contribution in [-0.2, 0) is 13.0 Å². The van der Waals surface area contributed by atoms with Crippen LogP contribution in [0, 0.1) is 0 Å². The summed E-state index contributed by atoms with van der Waals surface area (Å²) in [5.41, 5.74) is 9.60. The second-order valence-corrected chi connectivity index (χ2v) is 4.96. The molecule has 0 aromatic heterocycles. The Morgan fingerprint density at radius 1 is 1.16 bits per heavy atom. The summed E-state index contributed by atoms with van der Waals surface area (Å²) in [7, 11) is 0. The Labute approximate surface area is 112 Å². The van der Waals surface area contributed by atoms with Crippen LogP contribution in [0.1, 0.15) is 29.2 Å². The highest BCUT2D eigenvalue weighted by molar-refractivity contribution is 5.40. The number of benzene rings is 2. The van der Waals surface area contributed by atoms with E-state index in [0.29, 0.717) is 6.61 Å². The normalized spacial score (nSPS) is 17.2. The van der Waals surface area contributed by atoms with Crippen LogP contribution in [0.15, 0.2) is 42.5 Å². The minimum Gasteiger partial charge on any atom is -0.508 e. The zero-order chi connectivity index (χ0) is 13.2. The molecule has 2 aromatic rings. The van der Waals surface area contributed by atoms with Crippen molar-refractivity contribution < 1.29 is 9.84 Å². The van der Waals surface area contributed by atoms with Crippen LogP contribution in [0.2, 0.25) is 0 Å². The van der Waals surface area contributed by atoms with Gasteiger partial charge in [0.2, 0.25) is 0 Å². The molecule has 0 saturated heterocycles. The molecule has 1 aliphatic carbocycles. The van der Waals surface area contributed by atoms with Gasteiger partial charge in [-0.2, -0.15) is 0 Å². The standard InChI is InChI=1S/C16H17NO2/c17-16-8-3-12-9-14(6-7-15(12)16)19-10-11-1-4-13(18)5-2-11/h1-2,4-7,9,16,18H,3,8,10,17H2/t16-/m0/s1. The van der Waals surface area contributed by atoms with Gasteiger partial charge in [0, 0.05) is 6.04 Å². The Balaban J connectivity index is 1.69. The quantitative estimate of drug-likeness (QED) is 0.886. The Kier molecular flexibility index (Phi) is 3.13. The first kappa shape index (κ1) is 12.1. The van der Waals surface area contributed by atoms with Gasteiger partial charge in [-0.3, -0.25) is 0 Å². The number of phenolic OH excluding ortho intramolecular Hbond substituents is 1. The monoisotopic (exact) mass is 255 g/mol. The molecule has 0 spiro atoms. The number of aromatic hydroxyl groups is 1. The second-order valence-electron chi connectivity index (χ2n) is 4.96. The molecule has 1 atom stereocenters. The third kappa shape index (κ3) is 2.56. The van der Waals surface area contributed by atoms with E-state index in [2.05, 4.69) is 12.1 Å². The van der Waals surface area contributed by atoms with Crippen molar-refractivity contribution in [2.75, 3.05) is 0 Å². The van der Waals surface area contributed by atoms with Crippen LogP contribution in [0.3, 0.4) is 0 Å². The summed E-state index contributed by atoms with van der Waals surface area (Å²) in [5.74, 6) is 1.15. The van der Waals surface area contributed by atoms with Gasteiger partial charge in [0.1, 0.15) is 18.1 Å². The second kappa shape index (κ2) is 4.94. The fourth-order valence-electron chi connectivity index (χ4n) is 2.48. The van der Waals surface area contributed by atoms with Gasteiger partial charge < -0.3 is 15.6 Å². The Hall–Kier alpha value is -2.00. The summed E-state index contributed by atoms with van der Waals surface area (Å²) in [6.07, 6.45) is 2.06. The summed E-state index contributed by atoms with van der Waals surface area (Å²) >= 11 is 0. The molecule has 0 amide bonds. The average Bonchev–Trinajstić information content (AvgIpc) is 2.79. The average molecular weight is 255 g/mol. The maximum atomic E-state index is 9.22. The number of phenols is 1. The van der Waals surface area contributed by atoms with Gasteiger partial charge in [-0.25, -0.2) is 0 Å². The minimum atomic E-state index is 0.182. The number of fused-ring (bicyclic) bond motifs is 1. The molecule has 19 heavy (non-hydrogen) atoms. The summed E-state index contributed by atoms with van der Waals surface area (Å²) in [6, 6.07) is 13.4. The zero-order valence-corrected chi connectivity index (χ0v) is 10.7. The van der Waals surface area contributed by atoms with Crippen molar-refractivity contribution in [3.8, 4) is 11.5 Å². The van der Waals surface area contributed by atoms with Crippen LogP contribution >= 0.6 is 0 Å². The van der Waals surface area contributed by atoms with E-state index in [9.17, 15) is 5.11 Å². The number of nitrogens with two attached hydrogens (primary N) is 1. The van der Waals surface area contributed by atoms with Gasteiger partial charge in [0.05, 0.1) is 0 Å². The fraction of sp³-hybridized carbons (Fsp3) is 0.250. The number of rotatable bonds is 3. The zero-order valence-electron chi connectivity index (χ0n) is 10.7. The Bertz CT molecular complexity index is 578. The SMILES string of the molecule is N[C@H]1CCc2cc(OCc3ccc(O)cc3)ccc21. The largest absolute Gasteiger partial charge is 0.508 e. The van der Waals surface area contributed by atoms with Crippen LogP contribution < -0.4 is 10.5 Å². The molecule has 3 nitrogen and oxygen atoms in total. The van der Waals surface area contributed by atoms with Crippen LogP contribution in [0.4, 0.5) is 0 Å². The molecule has 0 fully saturated rings. The molecule has 0 heterocycles. The number of hydrogen-bond acceptors (Lipinski definition) is 3. The molecule has 3 heteroatoms. The third-order valence-corrected chi connectivity index (χ3v) is 3.58. The van der Waals surface area contributed by atoms with Crippen molar-refractivity contribution in [3.63, 3.8) is 0 Å². The maximum absolute atomic E-state index is 9.22. The first-order chi connectivity index (χ1) is 9.22. The van der Waals surface area contributed by atoms with Crippen molar-refractivity contribution in [2.45, 2.75) is 25.5 Å². The third-order valence-electron chi connectivity index (χ3n) is 3.58. The predicted molar refractivity (Wildman–Crippen MR) is 74.1 cm³/mol. The number of aryl methyl sites for hydroxylation is 1. The summed E-state index contributed by atoms with van der Waals surface area (Å²) in [5, 5.41) is 9.22. The van der Waals surface area contributed by atoms with Gasteiger partial charge >= 0.3 is 0 Å². The van der Waals surface area contributed by atoms with Crippen LogP contribution in [0.5, 0.6) is 11.5 Å². The first-order valence-corrected chi connectivity index (χ1v) is 6.51. The molecule has 2 aromatic carbocycles. The van der Waals surface area contributed by atoms with Gasteiger partial charge in [-0.05, 0) is 53.8 Å². The highest BCUT2D eigenvalue weighted by Crippen LogP contribution is 2.32. The van der Waals surface area contributed by atoms with E-state index < -0.39 is 0 Å². The molecule has 0 saturated carbocycles. The lowest BCUT2D eigenvalue weighted by atomic mass is 10.1. The molecule has 1 aliphatic rings. The lowest BCUT2D eigenvalue weighted by Gasteiger charge is -2.09. The van der Waals surface area contributed by atoms with Gasteiger partial charge in [0.25, 0.3) is 0 Å². The lowest BCUT2D eigenvalue weighted by Crippen LogP contribution is -2.05. The highest BCUT2D eigenvalue weighted by atomic mass is 16.5. The molecule has 0 aliphatic heterocycles. The molecule has 0 radical (unpaired) electrons. The maximum Gasteiger partial charge on any atom is 0.120 e. The summed E-state index contributed by atoms with van der Waals surface area (Å²) in [6.45, 7) is 0.505. The Morgan fingerprint density at radius 3 is 2.74 bits per heavy atom. The summed E-state index contributed by atoms with van der Waals surface area (Å²) < 4.78 is 5.77. The Morgan fingerprint density at radius 2 is 1.95 bits per heavy atom. The van der Waals surface area contributed by atoms with Crippen molar-refractivity contribution in [1.82, 2.24) is 0 Å². The van der Waals surface area contributed by atoms with E-state index in [-0.39, 0.29) is 11.8 Å². The van der Waals surface area contributed by atoms with E-state index in [1.54, 1.807) is 12.1 Å². The van der Waals surface area contributed by atoms with E-state index in [1.165, 1.54) is 11.1 Å². The van der Waals surface area contributed by atoms with Gasteiger partial charge in [-0.15, -0.1) is 0 Å². The smallest absolute Gasteiger partial charge is 0.120 e. The molecule has 3 rings (SSSR count). The van der Waals surface area contributed by atoms with Gasteiger partial charge in [0.15, 0.2) is 0 Å². The summed E-state index contributed by atoms with van der Waals surface area (Å²) in [4.78, 5) is 0. The minimum absolute atomic E-state index is 0.182. The fourth-order valence-corrected chi connectivity index (χ4v) is 2.48. The molecular formula is C16H17NO2. The number of hydrogen-bond donors (Lipinski definition) is 2. The van der Waals surface area contributed by atoms with E-state index >= 15 is 0 Å². The van der Waals surface area contributed by atoms with E-state index in [0.717, 1.165) is 24.2 Å². The molecule has 98 valence electrons. The number of ether oxygens (including phenoxy) is 1. The molecule has 0 unspecified atom stereocenters. The van der Waals surface area contributed by atoms with Crippen LogP contribution in [0.25, 0.3) is 0 Å². The predicted octanol–water partition coefficient (Wildman–Crippen LogP) is 2.92. The van der Waals surface area contributed by atoms with Crippen molar-refractivity contribution in [3.05, 3.63) is 59.2 Å². The van der Waals surface area contributed by atoms with Crippen molar-refractivity contribution in [1.29, 1.82) is 0 Å². The topological polar surface area (TPSA) is 55.5 Å².